The number of ether oxygens (including phenoxy) is 1. The summed E-state index contributed by atoms with van der Waals surface area (Å²) in [6.45, 7) is 3.46. The Morgan fingerprint density at radius 1 is 1.15 bits per heavy atom. The summed E-state index contributed by atoms with van der Waals surface area (Å²) in [6.07, 6.45) is 3.98. The molecule has 0 aromatic heterocycles. The van der Waals surface area contributed by atoms with Gasteiger partial charge in [-0.15, -0.1) is 0 Å². The minimum atomic E-state index is -3.40. The zero-order valence-electron chi connectivity index (χ0n) is 11.8. The normalized spacial score (nSPS) is 25.4. The standard InChI is InChI=1S/C15H21NO3S/c1-12-2-4-13(5-3-12)20(17,18)16-14-6-7-15(14)8-10-19-11-9-15/h2-5,14,16H,6-11H2,1H3. The highest BCUT2D eigenvalue weighted by atomic mass is 32.2. The summed E-state index contributed by atoms with van der Waals surface area (Å²) in [4.78, 5) is 0.359. The first-order chi connectivity index (χ1) is 9.52. The van der Waals surface area contributed by atoms with E-state index in [2.05, 4.69) is 4.72 Å². The lowest BCUT2D eigenvalue weighted by Crippen LogP contribution is -2.57. The molecule has 2 fully saturated rings. The largest absolute Gasteiger partial charge is 0.381 e. The predicted molar refractivity (Wildman–Crippen MR) is 77.0 cm³/mol. The summed E-state index contributed by atoms with van der Waals surface area (Å²) in [5.74, 6) is 0. The minimum absolute atomic E-state index is 0.0673. The molecule has 1 spiro atoms. The molecule has 0 amide bonds. The zero-order chi connectivity index (χ0) is 14.2. The molecular weight excluding hydrogens is 274 g/mol. The van der Waals surface area contributed by atoms with E-state index in [4.69, 9.17) is 4.74 Å². The number of sulfonamides is 1. The molecule has 1 aromatic carbocycles. The molecule has 0 radical (unpaired) electrons. The minimum Gasteiger partial charge on any atom is -0.381 e. The van der Waals surface area contributed by atoms with Crippen LogP contribution in [-0.4, -0.2) is 27.7 Å². The second kappa shape index (κ2) is 5.13. The van der Waals surface area contributed by atoms with Crippen molar-refractivity contribution in [3.63, 3.8) is 0 Å². The Bertz CT molecular complexity index is 574. The fraction of sp³-hybridized carbons (Fsp3) is 0.600. The summed E-state index contributed by atoms with van der Waals surface area (Å²) >= 11 is 0. The highest BCUT2D eigenvalue weighted by Gasteiger charge is 2.48. The molecule has 110 valence electrons. The summed E-state index contributed by atoms with van der Waals surface area (Å²) in [7, 11) is -3.40. The molecule has 1 aliphatic carbocycles. The molecular formula is C15H21NO3S. The van der Waals surface area contributed by atoms with Crippen LogP contribution in [0.1, 0.15) is 31.2 Å². The third-order valence-corrected chi connectivity index (χ3v) is 6.27. The van der Waals surface area contributed by atoms with E-state index in [0.29, 0.717) is 4.90 Å². The summed E-state index contributed by atoms with van der Waals surface area (Å²) in [6, 6.07) is 7.08. The van der Waals surface area contributed by atoms with Gasteiger partial charge in [0.05, 0.1) is 4.90 Å². The Hall–Kier alpha value is -0.910. The molecule has 20 heavy (non-hydrogen) atoms. The Balaban J connectivity index is 1.75. The molecule has 1 heterocycles. The van der Waals surface area contributed by atoms with Crippen molar-refractivity contribution in [1.29, 1.82) is 0 Å². The van der Waals surface area contributed by atoms with Crippen molar-refractivity contribution in [3.8, 4) is 0 Å². The van der Waals surface area contributed by atoms with Gasteiger partial charge in [-0.1, -0.05) is 17.7 Å². The van der Waals surface area contributed by atoms with Crippen molar-refractivity contribution in [2.75, 3.05) is 13.2 Å². The highest BCUT2D eigenvalue weighted by Crippen LogP contribution is 2.49. The Kier molecular flexibility index (Phi) is 3.60. The van der Waals surface area contributed by atoms with Gasteiger partial charge >= 0.3 is 0 Å². The van der Waals surface area contributed by atoms with E-state index >= 15 is 0 Å². The number of aryl methyl sites for hydroxylation is 1. The molecule has 3 rings (SSSR count). The Morgan fingerprint density at radius 2 is 1.80 bits per heavy atom. The summed E-state index contributed by atoms with van der Waals surface area (Å²) < 4.78 is 33.2. The van der Waals surface area contributed by atoms with E-state index in [1.165, 1.54) is 0 Å². The van der Waals surface area contributed by atoms with Crippen LogP contribution in [0.25, 0.3) is 0 Å². The zero-order valence-corrected chi connectivity index (χ0v) is 12.6. The smallest absolute Gasteiger partial charge is 0.240 e. The maximum Gasteiger partial charge on any atom is 0.240 e. The van der Waals surface area contributed by atoms with Gasteiger partial charge in [-0.2, -0.15) is 0 Å². The van der Waals surface area contributed by atoms with Crippen molar-refractivity contribution in [2.45, 2.75) is 43.5 Å². The molecule has 1 unspecified atom stereocenters. The van der Waals surface area contributed by atoms with Crippen molar-refractivity contribution < 1.29 is 13.2 Å². The van der Waals surface area contributed by atoms with Gasteiger partial charge in [0.15, 0.2) is 0 Å². The van der Waals surface area contributed by atoms with Crippen LogP contribution in [0.4, 0.5) is 0 Å². The summed E-state index contributed by atoms with van der Waals surface area (Å²) in [5, 5.41) is 0. The lowest BCUT2D eigenvalue weighted by Gasteiger charge is -2.51. The molecule has 5 heteroatoms. The van der Waals surface area contributed by atoms with E-state index in [1.54, 1.807) is 12.1 Å². The maximum atomic E-state index is 12.4. The van der Waals surface area contributed by atoms with Gasteiger partial charge in [0.1, 0.15) is 0 Å². The topological polar surface area (TPSA) is 55.4 Å². The second-order valence-corrected chi connectivity index (χ2v) is 7.71. The molecule has 1 atom stereocenters. The number of hydrogen-bond acceptors (Lipinski definition) is 3. The monoisotopic (exact) mass is 295 g/mol. The van der Waals surface area contributed by atoms with Crippen LogP contribution >= 0.6 is 0 Å². The van der Waals surface area contributed by atoms with Crippen LogP contribution in [0, 0.1) is 12.3 Å². The molecule has 1 saturated carbocycles. The molecule has 4 nitrogen and oxygen atoms in total. The van der Waals surface area contributed by atoms with Crippen molar-refractivity contribution >= 4 is 10.0 Å². The first-order valence-electron chi connectivity index (χ1n) is 7.19. The molecule has 2 aliphatic rings. The quantitative estimate of drug-likeness (QED) is 0.930. The number of rotatable bonds is 3. The van der Waals surface area contributed by atoms with Crippen molar-refractivity contribution in [2.24, 2.45) is 5.41 Å². The van der Waals surface area contributed by atoms with Crippen LogP contribution in [-0.2, 0) is 14.8 Å². The maximum absolute atomic E-state index is 12.4. The first-order valence-corrected chi connectivity index (χ1v) is 8.67. The molecule has 1 aromatic rings. The van der Waals surface area contributed by atoms with Gasteiger partial charge in [-0.3, -0.25) is 0 Å². The van der Waals surface area contributed by atoms with Crippen molar-refractivity contribution in [1.82, 2.24) is 4.72 Å². The number of hydrogen-bond donors (Lipinski definition) is 1. The van der Waals surface area contributed by atoms with E-state index in [9.17, 15) is 8.42 Å². The number of benzene rings is 1. The van der Waals surface area contributed by atoms with E-state index in [0.717, 1.165) is 44.5 Å². The van der Waals surface area contributed by atoms with Crippen molar-refractivity contribution in [3.05, 3.63) is 29.8 Å². The van der Waals surface area contributed by atoms with Gasteiger partial charge in [0, 0.05) is 19.3 Å². The molecule has 1 saturated heterocycles. The fourth-order valence-electron chi connectivity index (χ4n) is 3.23. The average Bonchev–Trinajstić information content (AvgIpc) is 2.45. The lowest BCUT2D eigenvalue weighted by molar-refractivity contribution is -0.0483. The summed E-state index contributed by atoms with van der Waals surface area (Å²) in [5.41, 5.74) is 1.20. The number of nitrogens with one attached hydrogen (secondary N) is 1. The second-order valence-electron chi connectivity index (χ2n) is 6.00. The fourth-order valence-corrected chi connectivity index (χ4v) is 4.60. The van der Waals surface area contributed by atoms with Crippen LogP contribution in [0.15, 0.2) is 29.2 Å². The SMILES string of the molecule is Cc1ccc(S(=O)(=O)NC2CCC23CCOCC3)cc1. The third kappa shape index (κ3) is 2.50. The van der Waals surface area contributed by atoms with Crippen LogP contribution in [0.3, 0.4) is 0 Å². The van der Waals surface area contributed by atoms with Crippen LogP contribution < -0.4 is 4.72 Å². The lowest BCUT2D eigenvalue weighted by atomic mass is 9.60. The van der Waals surface area contributed by atoms with Gasteiger partial charge in [0.2, 0.25) is 10.0 Å². The van der Waals surface area contributed by atoms with Gasteiger partial charge in [0.25, 0.3) is 0 Å². The van der Waals surface area contributed by atoms with Crippen LogP contribution in [0.2, 0.25) is 0 Å². The molecule has 0 bridgehead atoms. The predicted octanol–water partition coefficient (Wildman–Crippen LogP) is 2.23. The Morgan fingerprint density at radius 3 is 2.35 bits per heavy atom. The van der Waals surface area contributed by atoms with Gasteiger partial charge < -0.3 is 4.74 Å². The molecule has 1 N–H and O–H groups in total. The van der Waals surface area contributed by atoms with E-state index in [-0.39, 0.29) is 11.5 Å². The van der Waals surface area contributed by atoms with E-state index in [1.807, 2.05) is 19.1 Å². The third-order valence-electron chi connectivity index (χ3n) is 4.79. The molecule has 1 aliphatic heterocycles. The first kappa shape index (κ1) is 14.0. The average molecular weight is 295 g/mol. The Labute approximate surface area is 120 Å². The highest BCUT2D eigenvalue weighted by molar-refractivity contribution is 7.89. The van der Waals surface area contributed by atoms with Crippen LogP contribution in [0.5, 0.6) is 0 Å². The van der Waals surface area contributed by atoms with Gasteiger partial charge in [-0.25, -0.2) is 13.1 Å². The van der Waals surface area contributed by atoms with E-state index < -0.39 is 10.0 Å². The van der Waals surface area contributed by atoms with Gasteiger partial charge in [-0.05, 0) is 50.2 Å².